The van der Waals surface area contributed by atoms with Gasteiger partial charge < -0.3 is 16.3 Å². The van der Waals surface area contributed by atoms with E-state index in [-0.39, 0.29) is 5.41 Å². The van der Waals surface area contributed by atoms with Gasteiger partial charge in [-0.15, -0.1) is 0 Å². The van der Waals surface area contributed by atoms with E-state index in [1.807, 2.05) is 18.2 Å². The lowest BCUT2D eigenvalue weighted by molar-refractivity contribution is -0.109. The molecule has 0 atom stereocenters. The molecule has 0 radical (unpaired) electrons. The zero-order chi connectivity index (χ0) is 10.2. The minimum absolute atomic E-state index is 0.319. The van der Waals surface area contributed by atoms with Crippen LogP contribution < -0.4 is 11.5 Å². The zero-order valence-corrected chi connectivity index (χ0v) is 7.99. The van der Waals surface area contributed by atoms with Gasteiger partial charge in [-0.1, -0.05) is 12.1 Å². The van der Waals surface area contributed by atoms with Gasteiger partial charge in [-0.2, -0.15) is 0 Å². The Balaban J connectivity index is 2.55. The lowest BCUT2D eigenvalue weighted by atomic mass is 9.91. The summed E-state index contributed by atoms with van der Waals surface area (Å²) in [5.41, 5.74) is 13.8. The van der Waals surface area contributed by atoms with Crippen molar-refractivity contribution in [1.29, 1.82) is 0 Å². The average molecular weight is 190 g/mol. The molecule has 3 heteroatoms. The molecular weight excluding hydrogens is 176 g/mol. The molecule has 0 aromatic heterocycles. The van der Waals surface area contributed by atoms with Crippen LogP contribution in [0.1, 0.15) is 24.0 Å². The van der Waals surface area contributed by atoms with Crippen molar-refractivity contribution in [3.8, 4) is 0 Å². The minimum atomic E-state index is -0.319. The van der Waals surface area contributed by atoms with Crippen LogP contribution in [0.15, 0.2) is 18.2 Å². The normalized spacial score (nSPS) is 17.8. The Morgan fingerprint density at radius 2 is 2.14 bits per heavy atom. The smallest absolute Gasteiger partial charge is 0.130 e. The lowest BCUT2D eigenvalue weighted by Crippen LogP contribution is -2.16. The highest BCUT2D eigenvalue weighted by molar-refractivity contribution is 5.78. The van der Waals surface area contributed by atoms with E-state index < -0.39 is 0 Å². The van der Waals surface area contributed by atoms with Crippen molar-refractivity contribution in [3.63, 3.8) is 0 Å². The molecule has 1 fully saturated rings. The maximum Gasteiger partial charge on any atom is 0.130 e. The Labute approximate surface area is 83.1 Å². The Kier molecular flexibility index (Phi) is 2.04. The number of nitrogen functional groups attached to an aromatic ring is 1. The molecule has 0 amide bonds. The maximum atomic E-state index is 11.0. The van der Waals surface area contributed by atoms with E-state index in [9.17, 15) is 4.79 Å². The molecule has 1 saturated carbocycles. The predicted molar refractivity (Wildman–Crippen MR) is 55.7 cm³/mol. The number of rotatable bonds is 3. The van der Waals surface area contributed by atoms with Crippen LogP contribution in [0, 0.1) is 0 Å². The van der Waals surface area contributed by atoms with Crippen LogP contribution in [0.3, 0.4) is 0 Å². The molecule has 0 unspecified atom stereocenters. The van der Waals surface area contributed by atoms with E-state index in [0.29, 0.717) is 12.2 Å². The van der Waals surface area contributed by atoms with Crippen molar-refractivity contribution < 1.29 is 4.79 Å². The Morgan fingerprint density at radius 3 is 2.64 bits per heavy atom. The number of aldehydes is 1. The van der Waals surface area contributed by atoms with Crippen molar-refractivity contribution >= 4 is 12.0 Å². The molecule has 0 heterocycles. The highest BCUT2D eigenvalue weighted by Crippen LogP contribution is 2.49. The van der Waals surface area contributed by atoms with Crippen molar-refractivity contribution in [2.45, 2.75) is 24.8 Å². The van der Waals surface area contributed by atoms with Gasteiger partial charge in [0.15, 0.2) is 0 Å². The van der Waals surface area contributed by atoms with E-state index >= 15 is 0 Å². The summed E-state index contributed by atoms with van der Waals surface area (Å²) in [5, 5.41) is 0. The summed E-state index contributed by atoms with van der Waals surface area (Å²) >= 11 is 0. The molecule has 1 aliphatic rings. The molecule has 0 bridgehead atoms. The van der Waals surface area contributed by atoms with Gasteiger partial charge in [0.05, 0.1) is 5.41 Å². The molecule has 3 nitrogen and oxygen atoms in total. The lowest BCUT2D eigenvalue weighted by Gasteiger charge is -2.15. The Morgan fingerprint density at radius 1 is 1.43 bits per heavy atom. The van der Waals surface area contributed by atoms with Gasteiger partial charge in [0.25, 0.3) is 0 Å². The molecule has 2 rings (SSSR count). The Bertz CT molecular complexity index is 370. The third-order valence-corrected chi connectivity index (χ3v) is 2.92. The number of nitrogens with two attached hydrogens (primary N) is 2. The summed E-state index contributed by atoms with van der Waals surface area (Å²) in [4.78, 5) is 11.0. The number of hydrogen-bond acceptors (Lipinski definition) is 3. The maximum absolute atomic E-state index is 11.0. The topological polar surface area (TPSA) is 69.1 Å². The molecule has 0 spiro atoms. The first-order valence-electron chi connectivity index (χ1n) is 4.78. The number of benzene rings is 1. The van der Waals surface area contributed by atoms with E-state index in [1.54, 1.807) is 0 Å². The molecule has 1 aromatic rings. The van der Waals surface area contributed by atoms with Crippen LogP contribution in [-0.2, 0) is 16.8 Å². The van der Waals surface area contributed by atoms with Crippen molar-refractivity contribution in [2.75, 3.05) is 5.73 Å². The Hall–Kier alpha value is -1.35. The first-order valence-corrected chi connectivity index (χ1v) is 4.78. The second-order valence-corrected chi connectivity index (χ2v) is 3.86. The first-order chi connectivity index (χ1) is 6.73. The minimum Gasteiger partial charge on any atom is -0.398 e. The first kappa shape index (κ1) is 9.21. The zero-order valence-electron chi connectivity index (χ0n) is 7.99. The van der Waals surface area contributed by atoms with Gasteiger partial charge in [-0.25, -0.2) is 0 Å². The van der Waals surface area contributed by atoms with E-state index in [2.05, 4.69) is 0 Å². The second kappa shape index (κ2) is 3.10. The van der Waals surface area contributed by atoms with Crippen LogP contribution in [0.2, 0.25) is 0 Å². The molecule has 14 heavy (non-hydrogen) atoms. The van der Waals surface area contributed by atoms with Gasteiger partial charge in [0.2, 0.25) is 0 Å². The summed E-state index contributed by atoms with van der Waals surface area (Å²) in [6, 6.07) is 5.65. The van der Waals surface area contributed by atoms with Crippen LogP contribution >= 0.6 is 0 Å². The van der Waals surface area contributed by atoms with Crippen LogP contribution in [0.25, 0.3) is 0 Å². The fraction of sp³-hybridized carbons (Fsp3) is 0.364. The highest BCUT2D eigenvalue weighted by Gasteiger charge is 2.46. The molecule has 74 valence electrons. The van der Waals surface area contributed by atoms with Crippen LogP contribution in [-0.4, -0.2) is 6.29 Å². The van der Waals surface area contributed by atoms with E-state index in [0.717, 1.165) is 30.3 Å². The third-order valence-electron chi connectivity index (χ3n) is 2.92. The monoisotopic (exact) mass is 190 g/mol. The number of carbonyl (C=O) groups excluding carboxylic acids is 1. The number of carbonyl (C=O) groups is 1. The van der Waals surface area contributed by atoms with Gasteiger partial charge in [0, 0.05) is 12.2 Å². The average Bonchev–Trinajstić information content (AvgIpc) is 2.98. The summed E-state index contributed by atoms with van der Waals surface area (Å²) in [5.74, 6) is 0. The van der Waals surface area contributed by atoms with Crippen molar-refractivity contribution in [2.24, 2.45) is 5.73 Å². The van der Waals surface area contributed by atoms with Gasteiger partial charge in [-0.3, -0.25) is 0 Å². The fourth-order valence-electron chi connectivity index (χ4n) is 1.96. The van der Waals surface area contributed by atoms with Crippen molar-refractivity contribution in [3.05, 3.63) is 29.3 Å². The standard InChI is InChI=1S/C11H14N2O/c12-6-8-2-1-3-9(13)10(8)11(7-14)4-5-11/h1-3,7H,4-6,12-13H2. The summed E-state index contributed by atoms with van der Waals surface area (Å²) in [6.07, 6.45) is 2.81. The van der Waals surface area contributed by atoms with Crippen LogP contribution in [0.5, 0.6) is 0 Å². The summed E-state index contributed by atoms with van der Waals surface area (Å²) < 4.78 is 0. The second-order valence-electron chi connectivity index (χ2n) is 3.86. The number of anilines is 1. The third kappa shape index (κ3) is 1.21. The highest BCUT2D eigenvalue weighted by atomic mass is 16.1. The van der Waals surface area contributed by atoms with Crippen molar-refractivity contribution in [1.82, 2.24) is 0 Å². The summed E-state index contributed by atoms with van der Waals surface area (Å²) in [6.45, 7) is 0.440. The van der Waals surface area contributed by atoms with E-state index in [4.69, 9.17) is 11.5 Å². The molecular formula is C11H14N2O. The predicted octanol–water partition coefficient (Wildman–Crippen LogP) is 0.958. The van der Waals surface area contributed by atoms with Gasteiger partial charge in [-0.05, 0) is 30.0 Å². The molecule has 1 aromatic carbocycles. The molecule has 0 saturated heterocycles. The summed E-state index contributed by atoms with van der Waals surface area (Å²) in [7, 11) is 0. The fourth-order valence-corrected chi connectivity index (χ4v) is 1.96. The molecule has 4 N–H and O–H groups in total. The van der Waals surface area contributed by atoms with E-state index in [1.165, 1.54) is 0 Å². The molecule has 0 aliphatic heterocycles. The van der Waals surface area contributed by atoms with Gasteiger partial charge >= 0.3 is 0 Å². The molecule has 1 aliphatic carbocycles. The largest absolute Gasteiger partial charge is 0.398 e. The quantitative estimate of drug-likeness (QED) is 0.551. The van der Waals surface area contributed by atoms with Gasteiger partial charge in [0.1, 0.15) is 6.29 Å². The van der Waals surface area contributed by atoms with Crippen LogP contribution in [0.4, 0.5) is 5.69 Å². The SMILES string of the molecule is NCc1cccc(N)c1C1(C=O)CC1. The number of hydrogen-bond donors (Lipinski definition) is 2.